The summed E-state index contributed by atoms with van der Waals surface area (Å²) in [4.78, 5) is 1.08. The van der Waals surface area contributed by atoms with Gasteiger partial charge in [-0.05, 0) is 23.3 Å². The maximum Gasteiger partial charge on any atom is 1.00 e. The van der Waals surface area contributed by atoms with Gasteiger partial charge in [0.15, 0.2) is 0 Å². The molecule has 0 saturated heterocycles. The molecule has 90 valence electrons. The topological polar surface area (TPSA) is 0 Å². The van der Waals surface area contributed by atoms with Crippen LogP contribution in [0.1, 0.15) is 76.0 Å². The monoisotopic (exact) mass is 274 g/mol. The number of benzene rings is 1. The zero-order valence-electron chi connectivity index (χ0n) is 12.3. The van der Waals surface area contributed by atoms with Crippen LogP contribution in [0.2, 0.25) is 0 Å². The Labute approximate surface area is 155 Å². The van der Waals surface area contributed by atoms with E-state index in [1.807, 2.05) is 0 Å². The molecule has 0 N–H and O–H groups in total. The van der Waals surface area contributed by atoms with E-state index in [4.69, 9.17) is 12.6 Å². The summed E-state index contributed by atoms with van der Waals surface area (Å²) in [5.74, 6) is 1.61. The molecule has 1 aromatic rings. The summed E-state index contributed by atoms with van der Waals surface area (Å²) in [7, 11) is 0. The molecule has 0 aromatic heterocycles. The van der Waals surface area contributed by atoms with Crippen LogP contribution in [0.3, 0.4) is 0 Å². The van der Waals surface area contributed by atoms with Gasteiger partial charge < -0.3 is 12.6 Å². The Morgan fingerprint density at radius 3 is 1.35 bits per heavy atom. The van der Waals surface area contributed by atoms with Gasteiger partial charge in [-0.1, -0.05) is 64.8 Å². The van der Waals surface area contributed by atoms with Crippen LogP contribution in [-0.2, 0) is 12.6 Å². The Hall–Kier alpha value is 1.08. The molecule has 17 heavy (non-hydrogen) atoms. The number of hydrogen-bond donors (Lipinski definition) is 0. The van der Waals surface area contributed by atoms with Crippen LogP contribution in [0.5, 0.6) is 0 Å². The smallest absolute Gasteiger partial charge is 0.779 e. The molecule has 0 aliphatic heterocycles. The van der Waals surface area contributed by atoms with Gasteiger partial charge in [-0.3, -0.25) is 0 Å². The van der Waals surface area contributed by atoms with E-state index in [9.17, 15) is 0 Å². The van der Waals surface area contributed by atoms with Crippen LogP contribution in [0.15, 0.2) is 17.0 Å². The van der Waals surface area contributed by atoms with Gasteiger partial charge in [0.05, 0.1) is 0 Å². The van der Waals surface area contributed by atoms with E-state index in [0.717, 1.165) is 4.90 Å². The molecule has 0 nitrogen and oxygen atoms in total. The largest absolute Gasteiger partial charge is 1.00 e. The zero-order chi connectivity index (χ0) is 12.5. The third kappa shape index (κ3) is 4.59. The van der Waals surface area contributed by atoms with Crippen molar-refractivity contribution in [1.82, 2.24) is 0 Å². The molecule has 2 heteroatoms. The first-order chi connectivity index (χ1) is 7.34. The molecule has 0 atom stereocenters. The second kappa shape index (κ2) is 7.61. The van der Waals surface area contributed by atoms with Gasteiger partial charge in [0.25, 0.3) is 0 Å². The number of rotatable bonds is 3. The summed E-state index contributed by atoms with van der Waals surface area (Å²) in [5, 5.41) is 0. The molecule has 1 aromatic carbocycles. The summed E-state index contributed by atoms with van der Waals surface area (Å²) >= 11 is 5.59. The van der Waals surface area contributed by atoms with E-state index < -0.39 is 0 Å². The van der Waals surface area contributed by atoms with Crippen molar-refractivity contribution in [3.63, 3.8) is 0 Å². The van der Waals surface area contributed by atoms with Crippen molar-refractivity contribution in [2.75, 3.05) is 0 Å². The Morgan fingerprint density at radius 1 is 0.765 bits per heavy atom. The molecule has 0 saturated carbocycles. The average molecular weight is 275 g/mol. The van der Waals surface area contributed by atoms with Gasteiger partial charge in [0.1, 0.15) is 0 Å². The first-order valence-electron chi connectivity index (χ1n) is 6.19. The normalized spacial score (nSPS) is 11.1. The van der Waals surface area contributed by atoms with E-state index >= 15 is 0 Å². The van der Waals surface area contributed by atoms with Crippen molar-refractivity contribution < 1.29 is 51.4 Å². The minimum absolute atomic E-state index is 0. The molecular formula is C15H23KS. The summed E-state index contributed by atoms with van der Waals surface area (Å²) < 4.78 is 0. The van der Waals surface area contributed by atoms with Crippen molar-refractivity contribution in [1.29, 1.82) is 0 Å². The van der Waals surface area contributed by atoms with E-state index in [-0.39, 0.29) is 51.4 Å². The molecule has 0 fully saturated rings. The molecule has 0 amide bonds. The second-order valence-electron chi connectivity index (χ2n) is 5.49. The van der Waals surface area contributed by atoms with Gasteiger partial charge >= 0.3 is 51.4 Å². The molecule has 1 rings (SSSR count). The van der Waals surface area contributed by atoms with Gasteiger partial charge in [-0.2, -0.15) is 4.90 Å². The van der Waals surface area contributed by atoms with Crippen molar-refractivity contribution in [2.45, 2.75) is 64.2 Å². The molecule has 0 aliphatic carbocycles. The molecule has 0 heterocycles. The third-order valence-electron chi connectivity index (χ3n) is 3.08. The molecular weight excluding hydrogens is 251 g/mol. The van der Waals surface area contributed by atoms with Gasteiger partial charge in [0, 0.05) is 0 Å². The summed E-state index contributed by atoms with van der Waals surface area (Å²) in [6.45, 7) is 13.4. The molecule has 0 spiro atoms. The van der Waals surface area contributed by atoms with Crippen molar-refractivity contribution >= 4 is 12.6 Å². The second-order valence-corrected chi connectivity index (χ2v) is 5.90. The molecule has 0 bridgehead atoms. The minimum atomic E-state index is 0. The van der Waals surface area contributed by atoms with Crippen LogP contribution >= 0.6 is 0 Å². The Bertz CT molecular complexity index is 338. The van der Waals surface area contributed by atoms with Gasteiger partial charge in [0.2, 0.25) is 0 Å². The summed E-state index contributed by atoms with van der Waals surface area (Å²) in [6, 6.07) is 4.59. The van der Waals surface area contributed by atoms with E-state index in [1.165, 1.54) is 16.7 Å². The Kier molecular flexibility index (Phi) is 8.10. The first-order valence-corrected chi connectivity index (χ1v) is 6.60. The fourth-order valence-electron chi connectivity index (χ4n) is 1.89. The zero-order valence-corrected chi connectivity index (χ0v) is 16.2. The molecule has 0 radical (unpaired) electrons. The minimum Gasteiger partial charge on any atom is -0.779 e. The summed E-state index contributed by atoms with van der Waals surface area (Å²) in [5.41, 5.74) is 4.09. The van der Waals surface area contributed by atoms with E-state index in [0.29, 0.717) is 17.8 Å². The van der Waals surface area contributed by atoms with E-state index in [2.05, 4.69) is 53.7 Å². The van der Waals surface area contributed by atoms with E-state index in [1.54, 1.807) is 0 Å². The first kappa shape index (κ1) is 18.1. The average Bonchev–Trinajstić information content (AvgIpc) is 2.16. The van der Waals surface area contributed by atoms with Crippen molar-refractivity contribution in [2.24, 2.45) is 0 Å². The SMILES string of the molecule is CC(C)c1cc(C(C)C)c([S-])c(C(C)C)c1.[K+]. The van der Waals surface area contributed by atoms with Crippen LogP contribution in [-0.4, -0.2) is 0 Å². The maximum atomic E-state index is 5.59. The maximum absolute atomic E-state index is 5.59. The molecule has 0 aliphatic rings. The Morgan fingerprint density at radius 2 is 1.12 bits per heavy atom. The standard InChI is InChI=1S/C15H24S.K/c1-9(2)12-7-13(10(3)4)15(16)14(8-12)11(5)6;/h7-11,16H,1-6H3;/q;+1/p-1. The molecule has 0 unspecified atom stereocenters. The quantitative estimate of drug-likeness (QED) is 0.600. The van der Waals surface area contributed by atoms with Gasteiger partial charge in [-0.15, -0.1) is 0 Å². The predicted molar refractivity (Wildman–Crippen MR) is 74.3 cm³/mol. The fourth-order valence-corrected chi connectivity index (χ4v) is 2.48. The predicted octanol–water partition coefficient (Wildman–Crippen LogP) is 1.97. The van der Waals surface area contributed by atoms with Crippen LogP contribution in [0.4, 0.5) is 0 Å². The van der Waals surface area contributed by atoms with Crippen molar-refractivity contribution in [3.8, 4) is 0 Å². The van der Waals surface area contributed by atoms with Crippen LogP contribution < -0.4 is 51.4 Å². The third-order valence-corrected chi connectivity index (χ3v) is 3.55. The van der Waals surface area contributed by atoms with Crippen molar-refractivity contribution in [3.05, 3.63) is 28.8 Å². The number of hydrogen-bond acceptors (Lipinski definition) is 1. The van der Waals surface area contributed by atoms with Crippen LogP contribution in [0, 0.1) is 0 Å². The van der Waals surface area contributed by atoms with Gasteiger partial charge in [-0.25, -0.2) is 0 Å². The summed E-state index contributed by atoms with van der Waals surface area (Å²) in [6.07, 6.45) is 0. The van der Waals surface area contributed by atoms with Crippen LogP contribution in [0.25, 0.3) is 0 Å². The fraction of sp³-hybridized carbons (Fsp3) is 0.600. The Balaban J connectivity index is 0.00000256.